The molecule has 0 aliphatic carbocycles. The zero-order valence-corrected chi connectivity index (χ0v) is 11.6. The molecule has 0 aliphatic heterocycles. The predicted molar refractivity (Wildman–Crippen MR) is 76.3 cm³/mol. The van der Waals surface area contributed by atoms with Gasteiger partial charge in [-0.15, -0.1) is 0 Å². The lowest BCUT2D eigenvalue weighted by atomic mass is 10.1. The maximum atomic E-state index is 5.88. The first-order valence-electron chi connectivity index (χ1n) is 6.60. The molecule has 2 aromatic rings. The van der Waals surface area contributed by atoms with Crippen LogP contribution in [0.5, 0.6) is 5.75 Å². The van der Waals surface area contributed by atoms with E-state index in [1.165, 1.54) is 16.8 Å². The fourth-order valence-electron chi connectivity index (χ4n) is 2.11. The molecule has 102 valence electrons. The molecule has 0 radical (unpaired) electrons. The second-order valence-corrected chi connectivity index (χ2v) is 4.69. The molecule has 1 heterocycles. The maximum Gasteiger partial charge on any atom is 0.122 e. The molecule has 2 N–H and O–H groups in total. The smallest absolute Gasteiger partial charge is 0.122 e. The largest absolute Gasteiger partial charge is 0.493 e. The van der Waals surface area contributed by atoms with Crippen molar-refractivity contribution >= 4 is 0 Å². The fourth-order valence-corrected chi connectivity index (χ4v) is 2.11. The van der Waals surface area contributed by atoms with E-state index in [4.69, 9.17) is 10.5 Å². The van der Waals surface area contributed by atoms with E-state index in [0.717, 1.165) is 18.6 Å². The van der Waals surface area contributed by atoms with Crippen LogP contribution in [0.4, 0.5) is 0 Å². The highest BCUT2D eigenvalue weighted by atomic mass is 16.5. The van der Waals surface area contributed by atoms with Gasteiger partial charge in [-0.1, -0.05) is 17.7 Å². The third kappa shape index (κ3) is 3.58. The highest BCUT2D eigenvalue weighted by Crippen LogP contribution is 2.20. The maximum absolute atomic E-state index is 5.88. The van der Waals surface area contributed by atoms with Gasteiger partial charge in [-0.05, 0) is 37.6 Å². The van der Waals surface area contributed by atoms with E-state index in [1.807, 2.05) is 23.9 Å². The third-order valence-corrected chi connectivity index (χ3v) is 3.17. The van der Waals surface area contributed by atoms with Crippen molar-refractivity contribution in [1.82, 2.24) is 9.78 Å². The van der Waals surface area contributed by atoms with Crippen LogP contribution in [-0.2, 0) is 19.9 Å². The lowest BCUT2D eigenvalue weighted by Gasteiger charge is -2.12. The van der Waals surface area contributed by atoms with Crippen LogP contribution >= 0.6 is 0 Å². The summed E-state index contributed by atoms with van der Waals surface area (Å²) < 4.78 is 7.75. The fraction of sp³-hybridized carbons (Fsp3) is 0.400. The van der Waals surface area contributed by atoms with E-state index in [1.54, 1.807) is 6.20 Å². The number of benzene rings is 1. The summed E-state index contributed by atoms with van der Waals surface area (Å²) in [6.07, 6.45) is 3.51. The third-order valence-electron chi connectivity index (χ3n) is 3.17. The van der Waals surface area contributed by atoms with Gasteiger partial charge in [0.25, 0.3) is 0 Å². The van der Waals surface area contributed by atoms with Crippen molar-refractivity contribution < 1.29 is 4.74 Å². The van der Waals surface area contributed by atoms with Gasteiger partial charge in [-0.3, -0.25) is 4.68 Å². The van der Waals surface area contributed by atoms with Gasteiger partial charge in [-0.25, -0.2) is 0 Å². The van der Waals surface area contributed by atoms with Gasteiger partial charge in [0.1, 0.15) is 5.75 Å². The molecule has 0 fully saturated rings. The first kappa shape index (κ1) is 13.6. The summed E-state index contributed by atoms with van der Waals surface area (Å²) in [6, 6.07) is 8.26. The number of aromatic nitrogens is 2. The van der Waals surface area contributed by atoms with Crippen LogP contribution in [0.25, 0.3) is 0 Å². The normalized spacial score (nSPS) is 10.7. The minimum Gasteiger partial charge on any atom is -0.493 e. The highest BCUT2D eigenvalue weighted by Gasteiger charge is 2.05. The van der Waals surface area contributed by atoms with Gasteiger partial charge in [0.2, 0.25) is 0 Å². The molecule has 2 rings (SSSR count). The van der Waals surface area contributed by atoms with E-state index in [-0.39, 0.29) is 0 Å². The van der Waals surface area contributed by atoms with Crippen LogP contribution in [-0.4, -0.2) is 22.9 Å². The van der Waals surface area contributed by atoms with Crippen molar-refractivity contribution in [2.75, 3.05) is 13.2 Å². The molecule has 0 unspecified atom stereocenters. The molecule has 0 aliphatic rings. The van der Waals surface area contributed by atoms with Crippen LogP contribution < -0.4 is 10.5 Å². The first-order chi connectivity index (χ1) is 9.20. The molecule has 4 heteroatoms. The molecule has 1 aromatic heterocycles. The Balaban J connectivity index is 1.97. The van der Waals surface area contributed by atoms with E-state index >= 15 is 0 Å². The van der Waals surface area contributed by atoms with E-state index in [0.29, 0.717) is 13.2 Å². The number of nitrogens with zero attached hydrogens (tertiary/aromatic N) is 2. The van der Waals surface area contributed by atoms with Crippen LogP contribution in [0.15, 0.2) is 30.5 Å². The Hall–Kier alpha value is -1.81. The van der Waals surface area contributed by atoms with Crippen molar-refractivity contribution in [1.29, 1.82) is 0 Å². The van der Waals surface area contributed by atoms with Crippen molar-refractivity contribution in [3.05, 3.63) is 47.3 Å². The molecule has 0 saturated heterocycles. The number of hydrogen-bond donors (Lipinski definition) is 1. The molecule has 0 saturated carbocycles. The molecule has 0 amide bonds. The lowest BCUT2D eigenvalue weighted by Crippen LogP contribution is -2.09. The molecule has 0 spiro atoms. The predicted octanol–water partition coefficient (Wildman–Crippen LogP) is 1.85. The van der Waals surface area contributed by atoms with Gasteiger partial charge in [-0.2, -0.15) is 5.10 Å². The van der Waals surface area contributed by atoms with E-state index in [9.17, 15) is 0 Å². The molecule has 0 bridgehead atoms. The minimum absolute atomic E-state index is 0.640. The number of nitrogens with two attached hydrogens (primary N) is 1. The molecule has 4 nitrogen and oxygen atoms in total. The molecular formula is C15H21N3O. The van der Waals surface area contributed by atoms with E-state index < -0.39 is 0 Å². The molecular weight excluding hydrogens is 238 g/mol. The van der Waals surface area contributed by atoms with Crippen LogP contribution in [0.1, 0.15) is 16.8 Å². The van der Waals surface area contributed by atoms with Gasteiger partial charge in [0.05, 0.1) is 6.61 Å². The molecule has 1 aromatic carbocycles. The average Bonchev–Trinajstić information content (AvgIpc) is 2.78. The minimum atomic E-state index is 0.640. The Morgan fingerprint density at radius 1 is 1.26 bits per heavy atom. The standard InChI is InChI=1S/C15H21N3O/c1-12-3-4-15(13(11-12)5-8-16)19-10-7-14-6-9-17-18(14)2/h3-4,6,9,11H,5,7-8,10,16H2,1-2H3. The Labute approximate surface area is 114 Å². The van der Waals surface area contributed by atoms with E-state index in [2.05, 4.69) is 24.2 Å². The van der Waals surface area contributed by atoms with Gasteiger partial charge >= 0.3 is 0 Å². The summed E-state index contributed by atoms with van der Waals surface area (Å²) in [7, 11) is 1.95. The van der Waals surface area contributed by atoms with Gasteiger partial charge in [0.15, 0.2) is 0 Å². The Morgan fingerprint density at radius 2 is 2.11 bits per heavy atom. The molecule has 19 heavy (non-hydrogen) atoms. The summed E-state index contributed by atoms with van der Waals surface area (Å²) >= 11 is 0. The zero-order valence-electron chi connectivity index (χ0n) is 11.6. The highest BCUT2D eigenvalue weighted by molar-refractivity contribution is 5.37. The second-order valence-electron chi connectivity index (χ2n) is 4.69. The lowest BCUT2D eigenvalue weighted by molar-refractivity contribution is 0.315. The molecule has 0 atom stereocenters. The summed E-state index contributed by atoms with van der Waals surface area (Å²) in [4.78, 5) is 0. The number of ether oxygens (including phenoxy) is 1. The van der Waals surface area contributed by atoms with Crippen LogP contribution in [0.3, 0.4) is 0 Å². The van der Waals surface area contributed by atoms with Crippen molar-refractivity contribution in [2.45, 2.75) is 19.8 Å². The van der Waals surface area contributed by atoms with Gasteiger partial charge in [0, 0.05) is 25.4 Å². The first-order valence-corrected chi connectivity index (χ1v) is 6.60. The number of hydrogen-bond acceptors (Lipinski definition) is 3. The average molecular weight is 259 g/mol. The summed E-state index contributed by atoms with van der Waals surface area (Å²) in [6.45, 7) is 3.38. The van der Waals surface area contributed by atoms with Crippen LogP contribution in [0.2, 0.25) is 0 Å². The monoisotopic (exact) mass is 259 g/mol. The number of aryl methyl sites for hydroxylation is 2. The Bertz CT molecular complexity index is 534. The Morgan fingerprint density at radius 3 is 2.79 bits per heavy atom. The second kappa shape index (κ2) is 6.38. The van der Waals surface area contributed by atoms with Gasteiger partial charge < -0.3 is 10.5 Å². The zero-order chi connectivity index (χ0) is 13.7. The van der Waals surface area contributed by atoms with Crippen LogP contribution in [0, 0.1) is 6.92 Å². The Kier molecular flexibility index (Phi) is 4.58. The summed E-state index contributed by atoms with van der Waals surface area (Å²) in [5.41, 5.74) is 9.24. The SMILES string of the molecule is Cc1ccc(OCCc2ccnn2C)c(CCN)c1. The van der Waals surface area contributed by atoms with Crippen molar-refractivity contribution in [3.63, 3.8) is 0 Å². The number of rotatable bonds is 6. The van der Waals surface area contributed by atoms with Crippen molar-refractivity contribution in [3.8, 4) is 5.75 Å². The summed E-state index contributed by atoms with van der Waals surface area (Å²) in [5.74, 6) is 0.943. The summed E-state index contributed by atoms with van der Waals surface area (Å²) in [5, 5.41) is 4.15. The topological polar surface area (TPSA) is 53.1 Å². The quantitative estimate of drug-likeness (QED) is 0.861. The van der Waals surface area contributed by atoms with Crippen molar-refractivity contribution in [2.24, 2.45) is 12.8 Å².